The van der Waals surface area contributed by atoms with Crippen LogP contribution in [0.4, 0.5) is 5.82 Å². The van der Waals surface area contributed by atoms with E-state index in [9.17, 15) is 9.59 Å². The van der Waals surface area contributed by atoms with E-state index in [2.05, 4.69) is 15.0 Å². The number of likely N-dealkylation sites (tertiary alicyclic amines) is 1. The molecule has 0 bridgehead atoms. The predicted octanol–water partition coefficient (Wildman–Crippen LogP) is 4.32. The van der Waals surface area contributed by atoms with E-state index in [0.29, 0.717) is 37.4 Å². The van der Waals surface area contributed by atoms with Crippen LogP contribution in [0.5, 0.6) is 0 Å². The molecule has 0 saturated carbocycles. The monoisotopic (exact) mass is 555 g/mol. The Balaban J connectivity index is 1.03. The number of pyridine rings is 1. The molecule has 2 amide bonds. The van der Waals surface area contributed by atoms with Crippen LogP contribution in [0.25, 0.3) is 5.69 Å². The molecule has 2 saturated heterocycles. The molecular weight excluding hydrogens is 522 g/mol. The number of hydrogen-bond donors (Lipinski definition) is 0. The van der Waals surface area contributed by atoms with Gasteiger partial charge in [-0.25, -0.2) is 14.6 Å². The number of anilines is 1. The number of rotatable bonds is 5. The van der Waals surface area contributed by atoms with Crippen LogP contribution >= 0.6 is 11.3 Å². The van der Waals surface area contributed by atoms with Gasteiger partial charge in [0.1, 0.15) is 11.5 Å². The van der Waals surface area contributed by atoms with Crippen molar-refractivity contribution in [2.75, 3.05) is 44.2 Å². The molecule has 10 heteroatoms. The number of carbonyl (C=O) groups is 2. The van der Waals surface area contributed by atoms with Crippen molar-refractivity contribution in [3.8, 4) is 5.69 Å². The van der Waals surface area contributed by atoms with Crippen LogP contribution in [0, 0.1) is 13.8 Å². The minimum absolute atomic E-state index is 0.00197. The highest BCUT2D eigenvalue weighted by Gasteiger charge is 2.30. The minimum atomic E-state index is -0.00197. The molecule has 0 N–H and O–H groups in total. The number of para-hydroxylation sites is 1. The summed E-state index contributed by atoms with van der Waals surface area (Å²) in [4.78, 5) is 41.9. The second-order valence-electron chi connectivity index (χ2n) is 10.4. The fraction of sp³-hybridized carbons (Fsp3) is 0.367. The van der Waals surface area contributed by atoms with Gasteiger partial charge in [-0.1, -0.05) is 24.3 Å². The summed E-state index contributed by atoms with van der Waals surface area (Å²) in [6.07, 6.45) is 3.34. The lowest BCUT2D eigenvalue weighted by Gasteiger charge is -2.35. The first kappa shape index (κ1) is 26.2. The summed E-state index contributed by atoms with van der Waals surface area (Å²) in [5.74, 6) is 1.24. The van der Waals surface area contributed by atoms with Crippen LogP contribution in [0.2, 0.25) is 0 Å². The Morgan fingerprint density at radius 3 is 2.27 bits per heavy atom. The number of aromatic nitrogens is 4. The molecule has 206 valence electrons. The Labute approximate surface area is 238 Å². The summed E-state index contributed by atoms with van der Waals surface area (Å²) in [7, 11) is 0. The first-order chi connectivity index (χ1) is 19.5. The summed E-state index contributed by atoms with van der Waals surface area (Å²) in [6, 6.07) is 15.9. The maximum Gasteiger partial charge on any atom is 0.273 e. The number of hydrogen-bond acceptors (Lipinski definition) is 7. The predicted molar refractivity (Wildman–Crippen MR) is 155 cm³/mol. The summed E-state index contributed by atoms with van der Waals surface area (Å²) in [5, 5.41) is 7.35. The van der Waals surface area contributed by atoms with Crippen molar-refractivity contribution in [1.82, 2.24) is 29.5 Å². The third kappa shape index (κ3) is 5.23. The number of nitrogens with zero attached hydrogens (tertiary/aromatic N) is 7. The number of piperazine rings is 1. The number of amides is 2. The molecule has 3 aromatic heterocycles. The van der Waals surface area contributed by atoms with Crippen molar-refractivity contribution in [3.63, 3.8) is 0 Å². The van der Waals surface area contributed by atoms with E-state index in [1.165, 1.54) is 0 Å². The molecule has 5 heterocycles. The standard InChI is InChI=1S/C30H33N7O2S/c1-21-7-6-10-27(32-21)34-15-17-36(18-16-34)30(39)26-20-40-28(33-26)23-11-13-35(14-12-23)29(38)25-19-31-37(22(25)2)24-8-4-3-5-9-24/h3-10,19-20,23H,11-18H2,1-2H3. The molecular formula is C30H33N7O2S. The molecule has 2 aliphatic rings. The molecule has 0 atom stereocenters. The molecule has 0 spiro atoms. The largest absolute Gasteiger partial charge is 0.353 e. The molecule has 0 radical (unpaired) electrons. The quantitative estimate of drug-likeness (QED) is 0.365. The van der Waals surface area contributed by atoms with E-state index in [4.69, 9.17) is 4.98 Å². The van der Waals surface area contributed by atoms with Gasteiger partial charge in [0.25, 0.3) is 11.8 Å². The van der Waals surface area contributed by atoms with Gasteiger partial charge in [-0.2, -0.15) is 5.10 Å². The topological polar surface area (TPSA) is 87.5 Å². The van der Waals surface area contributed by atoms with Crippen LogP contribution in [0.15, 0.2) is 60.1 Å². The molecule has 6 rings (SSSR count). The van der Waals surface area contributed by atoms with E-state index < -0.39 is 0 Å². The highest BCUT2D eigenvalue weighted by molar-refractivity contribution is 7.09. The highest BCUT2D eigenvalue weighted by Crippen LogP contribution is 2.31. The summed E-state index contributed by atoms with van der Waals surface area (Å²) < 4.78 is 1.81. The average Bonchev–Trinajstić information content (AvgIpc) is 3.64. The SMILES string of the molecule is Cc1cccc(N2CCN(C(=O)c3csc(C4CCN(C(=O)c5cnn(-c6ccccc6)c5C)CC4)n3)CC2)n1. The Kier molecular flexibility index (Phi) is 7.34. The number of piperidine rings is 1. The lowest BCUT2D eigenvalue weighted by atomic mass is 9.97. The Morgan fingerprint density at radius 1 is 0.825 bits per heavy atom. The van der Waals surface area contributed by atoms with Crippen LogP contribution in [0.3, 0.4) is 0 Å². The zero-order chi connectivity index (χ0) is 27.6. The van der Waals surface area contributed by atoms with Gasteiger partial charge in [0.15, 0.2) is 0 Å². The third-order valence-electron chi connectivity index (χ3n) is 7.88. The maximum atomic E-state index is 13.3. The van der Waals surface area contributed by atoms with Crippen LogP contribution < -0.4 is 4.90 Å². The van der Waals surface area contributed by atoms with Gasteiger partial charge < -0.3 is 14.7 Å². The zero-order valence-corrected chi connectivity index (χ0v) is 23.7. The van der Waals surface area contributed by atoms with Crippen molar-refractivity contribution in [2.24, 2.45) is 0 Å². The van der Waals surface area contributed by atoms with Gasteiger partial charge in [0.05, 0.1) is 28.1 Å². The van der Waals surface area contributed by atoms with E-state index in [1.54, 1.807) is 17.5 Å². The molecule has 40 heavy (non-hydrogen) atoms. The Bertz CT molecular complexity index is 1500. The number of benzene rings is 1. The molecule has 1 aromatic carbocycles. The smallest absolute Gasteiger partial charge is 0.273 e. The highest BCUT2D eigenvalue weighted by atomic mass is 32.1. The molecule has 2 aliphatic heterocycles. The van der Waals surface area contributed by atoms with Gasteiger partial charge in [-0.15, -0.1) is 11.3 Å². The molecule has 9 nitrogen and oxygen atoms in total. The number of carbonyl (C=O) groups excluding carboxylic acids is 2. The minimum Gasteiger partial charge on any atom is -0.353 e. The first-order valence-electron chi connectivity index (χ1n) is 13.8. The van der Waals surface area contributed by atoms with E-state index >= 15 is 0 Å². The van der Waals surface area contributed by atoms with Gasteiger partial charge >= 0.3 is 0 Å². The van der Waals surface area contributed by atoms with Crippen LogP contribution in [0.1, 0.15) is 56.0 Å². The van der Waals surface area contributed by atoms with E-state index in [0.717, 1.165) is 53.8 Å². The lowest BCUT2D eigenvalue weighted by molar-refractivity contribution is 0.0712. The normalized spacial score (nSPS) is 16.4. The number of thiazole rings is 1. The Morgan fingerprint density at radius 2 is 1.55 bits per heavy atom. The van der Waals surface area contributed by atoms with E-state index in [-0.39, 0.29) is 17.7 Å². The van der Waals surface area contributed by atoms with Gasteiger partial charge in [-0.05, 0) is 51.0 Å². The lowest BCUT2D eigenvalue weighted by Crippen LogP contribution is -2.49. The van der Waals surface area contributed by atoms with Crippen LogP contribution in [-0.2, 0) is 0 Å². The molecule has 0 aliphatic carbocycles. The summed E-state index contributed by atoms with van der Waals surface area (Å²) in [5.41, 5.74) is 3.96. The third-order valence-corrected chi connectivity index (χ3v) is 8.89. The second kappa shape index (κ2) is 11.2. The van der Waals surface area contributed by atoms with Gasteiger partial charge in [-0.3, -0.25) is 9.59 Å². The van der Waals surface area contributed by atoms with Crippen molar-refractivity contribution < 1.29 is 9.59 Å². The van der Waals surface area contributed by atoms with Crippen molar-refractivity contribution in [2.45, 2.75) is 32.6 Å². The summed E-state index contributed by atoms with van der Waals surface area (Å²) in [6.45, 7) is 8.09. The second-order valence-corrected chi connectivity index (χ2v) is 11.3. The fourth-order valence-corrected chi connectivity index (χ4v) is 6.49. The van der Waals surface area contributed by atoms with Crippen molar-refractivity contribution in [3.05, 3.63) is 87.8 Å². The first-order valence-corrected chi connectivity index (χ1v) is 14.7. The average molecular weight is 556 g/mol. The van der Waals surface area contributed by atoms with Crippen molar-refractivity contribution in [1.29, 1.82) is 0 Å². The van der Waals surface area contributed by atoms with Gasteiger partial charge in [0.2, 0.25) is 0 Å². The van der Waals surface area contributed by atoms with E-state index in [1.807, 2.05) is 82.2 Å². The van der Waals surface area contributed by atoms with Crippen molar-refractivity contribution >= 4 is 29.0 Å². The maximum absolute atomic E-state index is 13.3. The number of aryl methyl sites for hydroxylation is 1. The molecule has 0 unspecified atom stereocenters. The fourth-order valence-electron chi connectivity index (χ4n) is 5.53. The Hall–Kier alpha value is -4.05. The van der Waals surface area contributed by atoms with Crippen LogP contribution in [-0.4, -0.2) is 80.6 Å². The summed E-state index contributed by atoms with van der Waals surface area (Å²) >= 11 is 1.56. The zero-order valence-electron chi connectivity index (χ0n) is 22.9. The molecule has 4 aromatic rings. The van der Waals surface area contributed by atoms with Gasteiger partial charge in [0, 0.05) is 56.3 Å². The molecule has 2 fully saturated rings.